The SMILES string of the molecule is C=C(O)[C@]1(O)c2ccc3c(c2)N(CCCCC/C=C\CN(C)C(=O)[C@@H]1C)CCCCc1cc(Cl)ccc1CO3. The Morgan fingerprint density at radius 3 is 2.59 bits per heavy atom. The van der Waals surface area contributed by atoms with Crippen molar-refractivity contribution in [3.05, 3.63) is 82.6 Å². The van der Waals surface area contributed by atoms with Crippen LogP contribution in [0.2, 0.25) is 5.02 Å². The van der Waals surface area contributed by atoms with E-state index in [0.717, 1.165) is 74.3 Å². The zero-order valence-corrected chi connectivity index (χ0v) is 23.9. The second-order valence-electron chi connectivity index (χ2n) is 10.8. The Labute approximate surface area is 237 Å². The average Bonchev–Trinajstić information content (AvgIpc) is 2.95. The molecule has 6 nitrogen and oxygen atoms in total. The van der Waals surface area contributed by atoms with Gasteiger partial charge in [0.1, 0.15) is 18.1 Å². The van der Waals surface area contributed by atoms with Gasteiger partial charge in [0.2, 0.25) is 5.91 Å². The van der Waals surface area contributed by atoms with Gasteiger partial charge in [-0.2, -0.15) is 0 Å². The normalized spacial score (nSPS) is 24.2. The number of aryl methyl sites for hydroxylation is 1. The lowest BCUT2D eigenvalue weighted by Gasteiger charge is -2.36. The van der Waals surface area contributed by atoms with Gasteiger partial charge in [-0.15, -0.1) is 0 Å². The van der Waals surface area contributed by atoms with Crippen LogP contribution in [-0.2, 0) is 23.4 Å². The quantitative estimate of drug-likeness (QED) is 0.310. The van der Waals surface area contributed by atoms with Gasteiger partial charge in [0.25, 0.3) is 0 Å². The summed E-state index contributed by atoms with van der Waals surface area (Å²) in [6, 6.07) is 11.4. The molecule has 0 saturated heterocycles. The van der Waals surface area contributed by atoms with Crippen molar-refractivity contribution in [1.82, 2.24) is 4.90 Å². The lowest BCUT2D eigenvalue weighted by atomic mass is 9.79. The van der Waals surface area contributed by atoms with Gasteiger partial charge in [0.05, 0.1) is 11.6 Å². The van der Waals surface area contributed by atoms with Crippen molar-refractivity contribution < 1.29 is 19.7 Å². The molecule has 0 fully saturated rings. The molecule has 4 rings (SSSR count). The van der Waals surface area contributed by atoms with Gasteiger partial charge in [-0.25, -0.2) is 0 Å². The number of halogens is 1. The second kappa shape index (κ2) is 12.9. The van der Waals surface area contributed by atoms with Gasteiger partial charge in [-0.3, -0.25) is 4.79 Å². The molecule has 0 unspecified atom stereocenters. The number of benzene rings is 2. The maximum Gasteiger partial charge on any atom is 0.229 e. The summed E-state index contributed by atoms with van der Waals surface area (Å²) in [6.07, 6.45) is 11.2. The summed E-state index contributed by atoms with van der Waals surface area (Å²) in [5.74, 6) is -0.978. The number of allylic oxidation sites excluding steroid dienone is 1. The Morgan fingerprint density at radius 2 is 1.82 bits per heavy atom. The van der Waals surface area contributed by atoms with Gasteiger partial charge in [-0.05, 0) is 79.5 Å². The van der Waals surface area contributed by atoms with Gasteiger partial charge >= 0.3 is 0 Å². The molecule has 2 aliphatic heterocycles. The van der Waals surface area contributed by atoms with Crippen LogP contribution in [0.3, 0.4) is 0 Å². The fraction of sp³-hybridized carbons (Fsp3) is 0.469. The minimum atomic E-state index is -1.96. The van der Waals surface area contributed by atoms with Crippen molar-refractivity contribution in [1.29, 1.82) is 0 Å². The molecule has 2 aromatic rings. The van der Waals surface area contributed by atoms with E-state index in [1.54, 1.807) is 24.9 Å². The lowest BCUT2D eigenvalue weighted by molar-refractivity contribution is -0.142. The number of rotatable bonds is 1. The van der Waals surface area contributed by atoms with Crippen molar-refractivity contribution in [2.45, 2.75) is 64.1 Å². The first-order chi connectivity index (χ1) is 18.7. The zero-order valence-electron chi connectivity index (χ0n) is 23.2. The molecule has 7 heteroatoms. The van der Waals surface area contributed by atoms with E-state index in [2.05, 4.69) is 17.6 Å². The molecule has 2 aliphatic rings. The number of anilines is 1. The van der Waals surface area contributed by atoms with Crippen LogP contribution in [0.5, 0.6) is 5.75 Å². The Hall–Kier alpha value is -2.96. The minimum absolute atomic E-state index is 0.274. The monoisotopic (exact) mass is 552 g/mol. The molecular formula is C32H41ClN2O4. The summed E-state index contributed by atoms with van der Waals surface area (Å²) in [4.78, 5) is 17.2. The fourth-order valence-corrected chi connectivity index (χ4v) is 5.77. The number of fused-ring (bicyclic) bond motifs is 2. The molecule has 2 atom stereocenters. The predicted molar refractivity (Wildman–Crippen MR) is 157 cm³/mol. The maximum atomic E-state index is 13.4. The van der Waals surface area contributed by atoms with Crippen molar-refractivity contribution in [2.24, 2.45) is 5.92 Å². The molecule has 0 aliphatic carbocycles. The summed E-state index contributed by atoms with van der Waals surface area (Å²) < 4.78 is 6.41. The number of aliphatic hydroxyl groups is 2. The smallest absolute Gasteiger partial charge is 0.229 e. The van der Waals surface area contributed by atoms with Gasteiger partial charge < -0.3 is 24.7 Å². The number of ether oxygens (including phenoxy) is 1. The topological polar surface area (TPSA) is 73.2 Å². The van der Waals surface area contributed by atoms with Crippen LogP contribution in [0.15, 0.2) is 60.9 Å². The molecule has 0 radical (unpaired) electrons. The number of hydrogen-bond donors (Lipinski definition) is 2. The van der Waals surface area contributed by atoms with Crippen molar-refractivity contribution >= 4 is 23.2 Å². The molecule has 0 aromatic heterocycles. The van der Waals surface area contributed by atoms with Crippen LogP contribution in [0, 0.1) is 5.92 Å². The molecule has 0 spiro atoms. The predicted octanol–water partition coefficient (Wildman–Crippen LogP) is 6.55. The van der Waals surface area contributed by atoms with Crippen LogP contribution < -0.4 is 9.64 Å². The van der Waals surface area contributed by atoms with E-state index < -0.39 is 17.3 Å². The highest BCUT2D eigenvalue weighted by atomic mass is 35.5. The maximum absolute atomic E-state index is 13.4. The van der Waals surface area contributed by atoms with Crippen LogP contribution in [0.1, 0.15) is 62.1 Å². The van der Waals surface area contributed by atoms with Gasteiger partial charge in [0.15, 0.2) is 5.60 Å². The highest BCUT2D eigenvalue weighted by molar-refractivity contribution is 6.30. The molecule has 210 valence electrons. The van der Waals surface area contributed by atoms with Crippen LogP contribution in [0.4, 0.5) is 5.69 Å². The first-order valence-corrected chi connectivity index (χ1v) is 14.4. The van der Waals surface area contributed by atoms with E-state index in [-0.39, 0.29) is 5.91 Å². The Balaban J connectivity index is 1.79. The number of aliphatic hydroxyl groups excluding tert-OH is 1. The molecule has 2 N–H and O–H groups in total. The summed E-state index contributed by atoms with van der Waals surface area (Å²) in [6.45, 7) is 7.84. The molecule has 1 amide bonds. The Bertz CT molecular complexity index is 1210. The van der Waals surface area contributed by atoms with Crippen molar-refractivity contribution in [3.8, 4) is 5.75 Å². The Morgan fingerprint density at radius 1 is 1.05 bits per heavy atom. The standard InChI is InChI=1S/C32H41ClN2O4/c1-23-31(37)34(3)17-9-6-4-5-7-10-18-35-19-11-8-12-25-20-28(33)15-13-26(25)22-39-30-16-14-27(21-29(30)35)32(23,38)24(2)36/h6,9,13-16,20-21,23,36,38H,2,4-5,7-8,10-12,17-19,22H2,1,3H3/b9-6-/t23-,32-/m0/s1. The van der Waals surface area contributed by atoms with E-state index in [9.17, 15) is 15.0 Å². The molecule has 2 bridgehead atoms. The number of likely N-dealkylation sites (N-methyl/N-ethyl adjacent to an activating group) is 1. The fourth-order valence-electron chi connectivity index (χ4n) is 5.58. The highest BCUT2D eigenvalue weighted by Gasteiger charge is 2.44. The third-order valence-electron chi connectivity index (χ3n) is 8.07. The number of carbonyl (C=O) groups is 1. The minimum Gasteiger partial charge on any atom is -0.509 e. The van der Waals surface area contributed by atoms with E-state index in [1.807, 2.05) is 36.4 Å². The molecular weight excluding hydrogens is 512 g/mol. The molecule has 2 heterocycles. The van der Waals surface area contributed by atoms with E-state index in [4.69, 9.17) is 16.3 Å². The lowest BCUT2D eigenvalue weighted by Crippen LogP contribution is -2.45. The van der Waals surface area contributed by atoms with Crippen LogP contribution >= 0.6 is 11.6 Å². The van der Waals surface area contributed by atoms with Crippen LogP contribution in [0.25, 0.3) is 0 Å². The summed E-state index contributed by atoms with van der Waals surface area (Å²) >= 11 is 6.30. The molecule has 0 saturated carbocycles. The largest absolute Gasteiger partial charge is 0.509 e. The van der Waals surface area contributed by atoms with E-state index in [0.29, 0.717) is 24.5 Å². The number of carbonyl (C=O) groups excluding carboxylic acids is 1. The second-order valence-corrected chi connectivity index (χ2v) is 11.2. The van der Waals surface area contributed by atoms with Crippen LogP contribution in [-0.4, -0.2) is 47.7 Å². The third kappa shape index (κ3) is 6.62. The average molecular weight is 553 g/mol. The molecule has 2 aromatic carbocycles. The van der Waals surface area contributed by atoms with E-state index >= 15 is 0 Å². The first-order valence-electron chi connectivity index (χ1n) is 14.0. The number of amides is 1. The number of hydrogen-bond acceptors (Lipinski definition) is 5. The first kappa shape index (κ1) is 29.0. The highest BCUT2D eigenvalue weighted by Crippen LogP contribution is 2.41. The van der Waals surface area contributed by atoms with Gasteiger partial charge in [0, 0.05) is 31.7 Å². The third-order valence-corrected chi connectivity index (χ3v) is 8.31. The summed E-state index contributed by atoms with van der Waals surface area (Å²) in [5.41, 5.74) is 1.62. The van der Waals surface area contributed by atoms with Crippen molar-refractivity contribution in [3.63, 3.8) is 0 Å². The number of nitrogens with zero attached hydrogens (tertiary/aromatic N) is 2. The zero-order chi connectivity index (χ0) is 28.0. The van der Waals surface area contributed by atoms with Crippen molar-refractivity contribution in [2.75, 3.05) is 31.6 Å². The van der Waals surface area contributed by atoms with E-state index in [1.165, 1.54) is 5.56 Å². The summed E-state index contributed by atoms with van der Waals surface area (Å²) in [5, 5.41) is 23.3. The Kier molecular flexibility index (Phi) is 9.62. The van der Waals surface area contributed by atoms with Gasteiger partial charge in [-0.1, -0.05) is 55.8 Å². The summed E-state index contributed by atoms with van der Waals surface area (Å²) in [7, 11) is 1.71. The molecule has 39 heavy (non-hydrogen) atoms.